The molecule has 3 N–H and O–H groups in total. The first kappa shape index (κ1) is 15.0. The highest BCUT2D eigenvalue weighted by molar-refractivity contribution is 5.78. The van der Waals surface area contributed by atoms with Gasteiger partial charge in [0, 0.05) is 19.1 Å². The Balaban J connectivity index is 2.50. The number of aliphatic hydroxyl groups is 1. The summed E-state index contributed by atoms with van der Waals surface area (Å²) in [5, 5.41) is 20.5. The van der Waals surface area contributed by atoms with Crippen LogP contribution in [0.15, 0.2) is 0 Å². The molecule has 1 atom stereocenters. The molecule has 1 aliphatic carbocycles. The summed E-state index contributed by atoms with van der Waals surface area (Å²) >= 11 is 0. The fourth-order valence-corrected chi connectivity index (χ4v) is 2.79. The lowest BCUT2D eigenvalue weighted by molar-refractivity contribution is -0.140. The molecule has 1 aliphatic rings. The average Bonchev–Trinajstić information content (AvgIpc) is 2.64. The van der Waals surface area contributed by atoms with E-state index in [-0.39, 0.29) is 36.8 Å². The van der Waals surface area contributed by atoms with Crippen LogP contribution in [0.2, 0.25) is 0 Å². The van der Waals surface area contributed by atoms with Gasteiger partial charge in [0.1, 0.15) is 0 Å². The van der Waals surface area contributed by atoms with Crippen molar-refractivity contribution in [1.29, 1.82) is 0 Å². The van der Waals surface area contributed by atoms with Crippen molar-refractivity contribution in [2.24, 2.45) is 5.41 Å². The Bertz CT molecular complexity index is 297. The first-order valence-electron chi connectivity index (χ1n) is 6.59. The second-order valence-electron chi connectivity index (χ2n) is 5.44. The smallest absolute Gasteiger partial charge is 0.303 e. The first-order chi connectivity index (χ1) is 8.47. The minimum Gasteiger partial charge on any atom is -0.481 e. The summed E-state index contributed by atoms with van der Waals surface area (Å²) in [7, 11) is 0. The Kier molecular flexibility index (Phi) is 5.59. The predicted octanol–water partition coefficient (Wildman–Crippen LogP) is 1.30. The van der Waals surface area contributed by atoms with Crippen LogP contribution in [0.1, 0.15) is 51.9 Å². The van der Waals surface area contributed by atoms with Gasteiger partial charge < -0.3 is 15.5 Å². The molecule has 0 aliphatic heterocycles. The highest BCUT2D eigenvalue weighted by atomic mass is 16.4. The highest BCUT2D eigenvalue weighted by Crippen LogP contribution is 2.44. The van der Waals surface area contributed by atoms with Crippen molar-refractivity contribution in [2.45, 2.75) is 57.9 Å². The number of carbonyl (C=O) groups is 2. The third-order valence-electron chi connectivity index (χ3n) is 3.70. The van der Waals surface area contributed by atoms with Gasteiger partial charge in [-0.05, 0) is 31.6 Å². The Morgan fingerprint density at radius 1 is 1.28 bits per heavy atom. The number of carboxylic acids is 1. The standard InChI is InChI=1S/C13H23NO4/c1-10(4-7-15)14-11(16)8-13(9-12(17)18)5-2-3-6-13/h10,15H,2-9H2,1H3,(H,14,16)(H,17,18). The van der Waals surface area contributed by atoms with E-state index in [1.165, 1.54) is 0 Å². The Morgan fingerprint density at radius 3 is 2.39 bits per heavy atom. The molecule has 0 heterocycles. The van der Waals surface area contributed by atoms with Gasteiger partial charge in [-0.1, -0.05) is 12.8 Å². The van der Waals surface area contributed by atoms with Crippen molar-refractivity contribution >= 4 is 11.9 Å². The molecule has 0 spiro atoms. The van der Waals surface area contributed by atoms with Crippen molar-refractivity contribution in [2.75, 3.05) is 6.61 Å². The normalized spacial score (nSPS) is 19.4. The maximum atomic E-state index is 11.9. The maximum absolute atomic E-state index is 11.9. The molecular weight excluding hydrogens is 234 g/mol. The van der Waals surface area contributed by atoms with Crippen LogP contribution in [-0.2, 0) is 9.59 Å². The number of aliphatic carboxylic acids is 1. The minimum absolute atomic E-state index is 0.0434. The van der Waals surface area contributed by atoms with Crippen molar-refractivity contribution in [1.82, 2.24) is 5.32 Å². The summed E-state index contributed by atoms with van der Waals surface area (Å²) < 4.78 is 0. The third-order valence-corrected chi connectivity index (χ3v) is 3.70. The molecule has 5 heteroatoms. The largest absolute Gasteiger partial charge is 0.481 e. The fourth-order valence-electron chi connectivity index (χ4n) is 2.79. The number of hydrogen-bond acceptors (Lipinski definition) is 3. The van der Waals surface area contributed by atoms with Gasteiger partial charge >= 0.3 is 5.97 Å². The van der Waals surface area contributed by atoms with E-state index in [0.29, 0.717) is 6.42 Å². The second kappa shape index (κ2) is 6.73. The molecule has 0 saturated heterocycles. The van der Waals surface area contributed by atoms with E-state index in [1.807, 2.05) is 6.92 Å². The van der Waals surface area contributed by atoms with E-state index >= 15 is 0 Å². The summed E-state index contributed by atoms with van der Waals surface area (Å²) in [6.07, 6.45) is 4.54. The number of aliphatic hydroxyl groups excluding tert-OH is 1. The van der Waals surface area contributed by atoms with Gasteiger partial charge in [0.25, 0.3) is 0 Å². The summed E-state index contributed by atoms with van der Waals surface area (Å²) in [6.45, 7) is 1.88. The zero-order chi connectivity index (χ0) is 13.6. The Labute approximate surface area is 108 Å². The number of carbonyl (C=O) groups excluding carboxylic acids is 1. The molecule has 0 aromatic carbocycles. The van der Waals surface area contributed by atoms with Gasteiger partial charge in [-0.15, -0.1) is 0 Å². The molecule has 0 aromatic heterocycles. The van der Waals surface area contributed by atoms with Gasteiger partial charge in [-0.3, -0.25) is 9.59 Å². The van der Waals surface area contributed by atoms with Gasteiger partial charge in [-0.25, -0.2) is 0 Å². The molecule has 1 saturated carbocycles. The quantitative estimate of drug-likeness (QED) is 0.641. The van der Waals surface area contributed by atoms with Crippen LogP contribution in [0.3, 0.4) is 0 Å². The minimum atomic E-state index is -0.826. The molecule has 1 unspecified atom stereocenters. The average molecular weight is 257 g/mol. The lowest BCUT2D eigenvalue weighted by Crippen LogP contribution is -2.37. The number of rotatable bonds is 7. The van der Waals surface area contributed by atoms with E-state index in [0.717, 1.165) is 25.7 Å². The Hall–Kier alpha value is -1.10. The van der Waals surface area contributed by atoms with Crippen molar-refractivity contribution < 1.29 is 19.8 Å². The van der Waals surface area contributed by atoms with Crippen LogP contribution in [-0.4, -0.2) is 34.7 Å². The molecule has 18 heavy (non-hydrogen) atoms. The summed E-state index contributed by atoms with van der Waals surface area (Å²) in [5.74, 6) is -0.924. The highest BCUT2D eigenvalue weighted by Gasteiger charge is 2.38. The topological polar surface area (TPSA) is 86.6 Å². The van der Waals surface area contributed by atoms with E-state index < -0.39 is 5.97 Å². The number of hydrogen-bond donors (Lipinski definition) is 3. The molecule has 1 rings (SSSR count). The van der Waals surface area contributed by atoms with Gasteiger partial charge in [0.05, 0.1) is 6.42 Å². The lowest BCUT2D eigenvalue weighted by Gasteiger charge is -2.27. The molecule has 1 fully saturated rings. The van der Waals surface area contributed by atoms with Crippen LogP contribution >= 0.6 is 0 Å². The summed E-state index contributed by atoms with van der Waals surface area (Å²) in [6, 6.07) is -0.0641. The van der Waals surface area contributed by atoms with Gasteiger partial charge in [0.2, 0.25) is 5.91 Å². The zero-order valence-electron chi connectivity index (χ0n) is 10.9. The third kappa shape index (κ3) is 4.64. The molecule has 1 amide bonds. The number of carboxylic acid groups (broad SMARTS) is 1. The molecule has 0 aromatic rings. The number of amides is 1. The van der Waals surface area contributed by atoms with Crippen molar-refractivity contribution in [3.8, 4) is 0 Å². The molecule has 5 nitrogen and oxygen atoms in total. The van der Waals surface area contributed by atoms with E-state index in [1.54, 1.807) is 0 Å². The predicted molar refractivity (Wildman–Crippen MR) is 67.1 cm³/mol. The summed E-state index contributed by atoms with van der Waals surface area (Å²) in [4.78, 5) is 22.8. The fraction of sp³-hybridized carbons (Fsp3) is 0.846. The van der Waals surface area contributed by atoms with Crippen LogP contribution in [0.25, 0.3) is 0 Å². The van der Waals surface area contributed by atoms with E-state index in [2.05, 4.69) is 5.32 Å². The summed E-state index contributed by atoms with van der Waals surface area (Å²) in [5.41, 5.74) is -0.352. The zero-order valence-corrected chi connectivity index (χ0v) is 10.9. The van der Waals surface area contributed by atoms with Crippen LogP contribution in [0.5, 0.6) is 0 Å². The van der Waals surface area contributed by atoms with Crippen molar-refractivity contribution in [3.05, 3.63) is 0 Å². The van der Waals surface area contributed by atoms with E-state index in [9.17, 15) is 9.59 Å². The lowest BCUT2D eigenvalue weighted by atomic mass is 9.79. The van der Waals surface area contributed by atoms with Gasteiger partial charge in [-0.2, -0.15) is 0 Å². The second-order valence-corrected chi connectivity index (χ2v) is 5.44. The van der Waals surface area contributed by atoms with Crippen LogP contribution in [0, 0.1) is 5.41 Å². The maximum Gasteiger partial charge on any atom is 0.303 e. The first-order valence-corrected chi connectivity index (χ1v) is 6.59. The van der Waals surface area contributed by atoms with Crippen molar-refractivity contribution in [3.63, 3.8) is 0 Å². The van der Waals surface area contributed by atoms with Crippen LogP contribution in [0.4, 0.5) is 0 Å². The Morgan fingerprint density at radius 2 is 1.89 bits per heavy atom. The molecule has 0 radical (unpaired) electrons. The molecule has 104 valence electrons. The monoisotopic (exact) mass is 257 g/mol. The SMILES string of the molecule is CC(CCO)NC(=O)CC1(CC(=O)O)CCCC1. The molecule has 0 bridgehead atoms. The van der Waals surface area contributed by atoms with Crippen LogP contribution < -0.4 is 5.32 Å². The molecular formula is C13H23NO4. The number of nitrogens with one attached hydrogen (secondary N) is 1. The van der Waals surface area contributed by atoms with E-state index in [4.69, 9.17) is 10.2 Å². The van der Waals surface area contributed by atoms with Gasteiger partial charge in [0.15, 0.2) is 0 Å².